The van der Waals surface area contributed by atoms with E-state index in [1.807, 2.05) is 31.2 Å². The van der Waals surface area contributed by atoms with Crippen molar-refractivity contribution in [3.05, 3.63) is 53.6 Å². The Bertz CT molecular complexity index is 965. The van der Waals surface area contributed by atoms with Crippen molar-refractivity contribution < 1.29 is 22.7 Å². The van der Waals surface area contributed by atoms with E-state index in [0.29, 0.717) is 25.3 Å². The average molecular weight is 419 g/mol. The van der Waals surface area contributed by atoms with E-state index in [9.17, 15) is 13.2 Å². The Kier molecular flexibility index (Phi) is 6.44. The summed E-state index contributed by atoms with van der Waals surface area (Å²) in [4.78, 5) is 14.4. The van der Waals surface area contributed by atoms with Gasteiger partial charge in [-0.2, -0.15) is 4.31 Å². The molecule has 1 aliphatic heterocycles. The molecule has 7 nitrogen and oxygen atoms in total. The predicted molar refractivity (Wildman–Crippen MR) is 110 cm³/mol. The summed E-state index contributed by atoms with van der Waals surface area (Å²) in [6.45, 7) is 3.19. The van der Waals surface area contributed by atoms with E-state index in [-0.39, 0.29) is 29.6 Å². The van der Waals surface area contributed by atoms with Crippen LogP contribution in [-0.2, 0) is 21.2 Å². The van der Waals surface area contributed by atoms with E-state index < -0.39 is 10.0 Å². The Labute approximate surface area is 171 Å². The molecule has 0 atom stereocenters. The highest BCUT2D eigenvalue weighted by Gasteiger charge is 2.32. The van der Waals surface area contributed by atoms with Crippen LogP contribution in [0.5, 0.6) is 11.5 Å². The van der Waals surface area contributed by atoms with Crippen LogP contribution in [0, 0.1) is 6.92 Å². The largest absolute Gasteiger partial charge is 0.497 e. The average Bonchev–Trinajstić information content (AvgIpc) is 2.74. The maximum Gasteiger partial charge on any atom is 0.247 e. The molecule has 0 saturated carbocycles. The molecule has 0 bridgehead atoms. The van der Waals surface area contributed by atoms with Crippen molar-refractivity contribution in [2.45, 2.75) is 18.2 Å². The maximum atomic E-state index is 13.1. The second kappa shape index (κ2) is 8.84. The molecule has 2 aromatic rings. The third-order valence-electron chi connectivity index (χ3n) is 5.06. The predicted octanol–water partition coefficient (Wildman–Crippen LogP) is 2.09. The summed E-state index contributed by atoms with van der Waals surface area (Å²) in [5.41, 5.74) is 2.10. The summed E-state index contributed by atoms with van der Waals surface area (Å²) in [6.07, 6.45) is 0.316. The van der Waals surface area contributed by atoms with E-state index in [2.05, 4.69) is 0 Å². The Hall–Kier alpha value is -2.58. The number of amides is 1. The molecule has 0 radical (unpaired) electrons. The van der Waals surface area contributed by atoms with Crippen LogP contribution in [0.2, 0.25) is 0 Å². The first kappa shape index (κ1) is 21.1. The van der Waals surface area contributed by atoms with Crippen molar-refractivity contribution in [3.8, 4) is 11.5 Å². The number of piperazine rings is 1. The van der Waals surface area contributed by atoms with Crippen LogP contribution in [-0.4, -0.2) is 63.9 Å². The number of nitrogens with zero attached hydrogens (tertiary/aromatic N) is 2. The Balaban J connectivity index is 1.68. The van der Waals surface area contributed by atoms with Gasteiger partial charge in [-0.25, -0.2) is 8.42 Å². The monoisotopic (exact) mass is 418 g/mol. The molecule has 29 heavy (non-hydrogen) atoms. The smallest absolute Gasteiger partial charge is 0.247 e. The van der Waals surface area contributed by atoms with Crippen molar-refractivity contribution >= 4 is 15.9 Å². The molecule has 0 aromatic heterocycles. The summed E-state index contributed by atoms with van der Waals surface area (Å²) in [7, 11) is -0.844. The van der Waals surface area contributed by atoms with Gasteiger partial charge in [0.25, 0.3) is 0 Å². The Morgan fingerprint density at radius 1 is 0.966 bits per heavy atom. The van der Waals surface area contributed by atoms with Gasteiger partial charge in [0.1, 0.15) is 16.4 Å². The minimum Gasteiger partial charge on any atom is -0.497 e. The molecule has 1 fully saturated rings. The lowest BCUT2D eigenvalue weighted by Crippen LogP contribution is -2.50. The van der Waals surface area contributed by atoms with Crippen molar-refractivity contribution in [3.63, 3.8) is 0 Å². The van der Waals surface area contributed by atoms with E-state index in [0.717, 1.165) is 11.1 Å². The van der Waals surface area contributed by atoms with Crippen LogP contribution in [0.15, 0.2) is 47.4 Å². The highest BCUT2D eigenvalue weighted by atomic mass is 32.2. The second-order valence-corrected chi connectivity index (χ2v) is 8.87. The number of hydrogen-bond acceptors (Lipinski definition) is 5. The molecular formula is C21H26N2O5S. The lowest BCUT2D eigenvalue weighted by molar-refractivity contribution is -0.131. The summed E-state index contributed by atoms with van der Waals surface area (Å²) in [5, 5.41) is 0. The minimum atomic E-state index is -3.76. The van der Waals surface area contributed by atoms with Crippen LogP contribution in [0.25, 0.3) is 0 Å². The zero-order valence-corrected chi connectivity index (χ0v) is 17.7. The first-order valence-electron chi connectivity index (χ1n) is 9.40. The van der Waals surface area contributed by atoms with Gasteiger partial charge in [-0.1, -0.05) is 29.8 Å². The summed E-state index contributed by atoms with van der Waals surface area (Å²) >= 11 is 0. The fourth-order valence-corrected chi connectivity index (χ4v) is 4.89. The van der Waals surface area contributed by atoms with Gasteiger partial charge in [0.15, 0.2) is 0 Å². The van der Waals surface area contributed by atoms with Crippen LogP contribution in [0.3, 0.4) is 0 Å². The lowest BCUT2D eigenvalue weighted by atomic mass is 10.1. The van der Waals surface area contributed by atoms with E-state index in [1.54, 1.807) is 17.0 Å². The molecule has 8 heteroatoms. The van der Waals surface area contributed by atoms with Gasteiger partial charge in [-0.15, -0.1) is 0 Å². The van der Waals surface area contributed by atoms with Crippen molar-refractivity contribution in [1.82, 2.24) is 9.21 Å². The molecule has 2 aromatic carbocycles. The number of benzene rings is 2. The van der Waals surface area contributed by atoms with Crippen LogP contribution in [0.1, 0.15) is 11.1 Å². The molecule has 0 unspecified atom stereocenters. The van der Waals surface area contributed by atoms with Crippen LogP contribution < -0.4 is 9.47 Å². The zero-order chi connectivity index (χ0) is 21.0. The number of aryl methyl sites for hydroxylation is 1. The molecular weight excluding hydrogens is 392 g/mol. The van der Waals surface area contributed by atoms with Crippen molar-refractivity contribution in [2.24, 2.45) is 0 Å². The lowest BCUT2D eigenvalue weighted by Gasteiger charge is -2.34. The van der Waals surface area contributed by atoms with Crippen LogP contribution in [0.4, 0.5) is 0 Å². The highest BCUT2D eigenvalue weighted by Crippen LogP contribution is 2.31. The van der Waals surface area contributed by atoms with Crippen molar-refractivity contribution in [2.75, 3.05) is 40.4 Å². The van der Waals surface area contributed by atoms with Crippen molar-refractivity contribution in [1.29, 1.82) is 0 Å². The van der Waals surface area contributed by atoms with Gasteiger partial charge in [0, 0.05) is 32.2 Å². The third-order valence-corrected chi connectivity index (χ3v) is 6.98. The van der Waals surface area contributed by atoms with Gasteiger partial charge in [0.2, 0.25) is 15.9 Å². The highest BCUT2D eigenvalue weighted by molar-refractivity contribution is 7.89. The fraction of sp³-hybridized carbons (Fsp3) is 0.381. The number of carbonyl (C=O) groups is 1. The SMILES string of the molecule is COc1ccc(OC)c(S(=O)(=O)N2CCN(C(=O)Cc3ccc(C)cc3)CC2)c1. The summed E-state index contributed by atoms with van der Waals surface area (Å²) in [6, 6.07) is 12.5. The first-order chi connectivity index (χ1) is 13.8. The quantitative estimate of drug-likeness (QED) is 0.718. The summed E-state index contributed by atoms with van der Waals surface area (Å²) in [5.74, 6) is 0.713. The van der Waals surface area contributed by atoms with Gasteiger partial charge in [-0.3, -0.25) is 4.79 Å². The first-order valence-corrected chi connectivity index (χ1v) is 10.8. The molecule has 3 rings (SSSR count). The summed E-state index contributed by atoms with van der Waals surface area (Å²) < 4.78 is 38.0. The molecule has 0 N–H and O–H groups in total. The van der Waals surface area contributed by atoms with Gasteiger partial charge in [0.05, 0.1) is 20.6 Å². The number of ether oxygens (including phenoxy) is 2. The maximum absolute atomic E-state index is 13.1. The number of rotatable bonds is 6. The topological polar surface area (TPSA) is 76.2 Å². The van der Waals surface area contributed by atoms with Gasteiger partial charge in [-0.05, 0) is 24.6 Å². The number of carbonyl (C=O) groups excluding carboxylic acids is 1. The molecule has 156 valence electrons. The minimum absolute atomic E-state index is 0.00450. The second-order valence-electron chi connectivity index (χ2n) is 6.96. The molecule has 1 saturated heterocycles. The number of hydrogen-bond donors (Lipinski definition) is 0. The molecule has 0 aliphatic carbocycles. The molecule has 1 heterocycles. The third kappa shape index (κ3) is 4.71. The number of methoxy groups -OCH3 is 2. The van der Waals surface area contributed by atoms with Crippen LogP contribution >= 0.6 is 0 Å². The number of sulfonamides is 1. The van der Waals surface area contributed by atoms with E-state index >= 15 is 0 Å². The standard InChI is InChI=1S/C21H26N2O5S/c1-16-4-6-17(7-5-16)14-21(24)22-10-12-23(13-11-22)29(25,26)20-15-18(27-2)8-9-19(20)28-3/h4-9,15H,10-14H2,1-3H3. The normalized spacial score (nSPS) is 15.2. The van der Waals surface area contributed by atoms with Gasteiger partial charge >= 0.3 is 0 Å². The Morgan fingerprint density at radius 2 is 1.62 bits per heavy atom. The molecule has 1 amide bonds. The van der Waals surface area contributed by atoms with Gasteiger partial charge < -0.3 is 14.4 Å². The van der Waals surface area contributed by atoms with E-state index in [4.69, 9.17) is 9.47 Å². The Morgan fingerprint density at radius 3 is 2.21 bits per heavy atom. The fourth-order valence-electron chi connectivity index (χ4n) is 3.29. The molecule has 0 spiro atoms. The molecule has 1 aliphatic rings. The van der Waals surface area contributed by atoms with E-state index in [1.165, 1.54) is 24.6 Å². The zero-order valence-electron chi connectivity index (χ0n) is 16.9.